The number of halogens is 2. The van der Waals surface area contributed by atoms with E-state index in [0.717, 1.165) is 22.3 Å². The lowest BCUT2D eigenvalue weighted by Gasteiger charge is -2.27. The fourth-order valence-electron chi connectivity index (χ4n) is 4.66. The second-order valence-electron chi connectivity index (χ2n) is 9.06. The molecule has 2 aromatic rings. The lowest BCUT2D eigenvalue weighted by molar-refractivity contribution is -0.171. The van der Waals surface area contributed by atoms with E-state index in [1.54, 1.807) is 6.92 Å². The van der Waals surface area contributed by atoms with Gasteiger partial charge in [-0.1, -0.05) is 61.9 Å². The molecule has 0 radical (unpaired) electrons. The van der Waals surface area contributed by atoms with Crippen molar-refractivity contribution >= 4 is 18.0 Å². The number of hydrogen-bond acceptors (Lipinski definition) is 4. The molecule has 0 aliphatic heterocycles. The third kappa shape index (κ3) is 5.13. The molecule has 0 saturated heterocycles. The predicted octanol–water partition coefficient (Wildman–Crippen LogP) is 4.31. The van der Waals surface area contributed by atoms with Crippen molar-refractivity contribution in [2.45, 2.75) is 56.5 Å². The molecule has 186 valence electrons. The third-order valence-electron chi connectivity index (χ3n) is 6.60. The maximum Gasteiger partial charge on any atom is 0.407 e. The van der Waals surface area contributed by atoms with Crippen LogP contribution >= 0.6 is 0 Å². The minimum absolute atomic E-state index is 0.0438. The number of aliphatic carboxylic acids is 1. The van der Waals surface area contributed by atoms with Crippen LogP contribution in [0.2, 0.25) is 0 Å². The van der Waals surface area contributed by atoms with Crippen LogP contribution in [0.25, 0.3) is 11.1 Å². The highest BCUT2D eigenvalue weighted by Gasteiger charge is 2.55. The van der Waals surface area contributed by atoms with E-state index in [0.29, 0.717) is 19.3 Å². The number of alkyl carbamates (subject to hydrolysis) is 1. The number of alkyl halides is 2. The molecule has 1 saturated carbocycles. The predicted molar refractivity (Wildman–Crippen MR) is 124 cm³/mol. The molecular formula is C26H28F2N2O5. The van der Waals surface area contributed by atoms with Crippen LogP contribution < -0.4 is 10.6 Å². The van der Waals surface area contributed by atoms with Crippen LogP contribution in [0, 0.1) is 5.92 Å². The van der Waals surface area contributed by atoms with Gasteiger partial charge in [-0.15, -0.1) is 0 Å². The molecule has 0 aromatic heterocycles. The van der Waals surface area contributed by atoms with Crippen LogP contribution in [0.4, 0.5) is 13.6 Å². The zero-order chi connectivity index (χ0) is 25.2. The van der Waals surface area contributed by atoms with E-state index in [4.69, 9.17) is 9.84 Å². The molecule has 2 atom stereocenters. The van der Waals surface area contributed by atoms with Crippen molar-refractivity contribution in [2.75, 3.05) is 6.61 Å². The van der Waals surface area contributed by atoms with Crippen molar-refractivity contribution < 1.29 is 33.0 Å². The summed E-state index contributed by atoms with van der Waals surface area (Å²) in [4.78, 5) is 36.4. The molecule has 2 unspecified atom stereocenters. The summed E-state index contributed by atoms with van der Waals surface area (Å²) < 4.78 is 33.8. The number of rotatable bonds is 10. The first kappa shape index (κ1) is 24.6. The molecule has 2 aromatic carbocycles. The molecule has 0 bridgehead atoms. The quantitative estimate of drug-likeness (QED) is 0.464. The molecule has 3 N–H and O–H groups in total. The maximum absolute atomic E-state index is 14.2. The van der Waals surface area contributed by atoms with E-state index in [9.17, 15) is 23.2 Å². The van der Waals surface area contributed by atoms with E-state index >= 15 is 0 Å². The smallest absolute Gasteiger partial charge is 0.407 e. The van der Waals surface area contributed by atoms with Gasteiger partial charge >= 0.3 is 18.0 Å². The van der Waals surface area contributed by atoms with Gasteiger partial charge in [-0.05, 0) is 47.4 Å². The van der Waals surface area contributed by atoms with Crippen LogP contribution in [0.1, 0.15) is 49.7 Å². The van der Waals surface area contributed by atoms with Crippen molar-refractivity contribution in [3.8, 4) is 11.1 Å². The number of fused-ring (bicyclic) bond motifs is 3. The van der Waals surface area contributed by atoms with Crippen molar-refractivity contribution in [3.63, 3.8) is 0 Å². The van der Waals surface area contributed by atoms with E-state index < -0.39 is 41.9 Å². The highest BCUT2D eigenvalue weighted by molar-refractivity contribution is 5.87. The highest BCUT2D eigenvalue weighted by atomic mass is 19.3. The fourth-order valence-corrected chi connectivity index (χ4v) is 4.66. The molecule has 4 rings (SSSR count). The van der Waals surface area contributed by atoms with Crippen LogP contribution in [0.15, 0.2) is 48.5 Å². The van der Waals surface area contributed by atoms with Crippen LogP contribution in [-0.2, 0) is 14.3 Å². The number of amides is 2. The first-order chi connectivity index (χ1) is 16.7. The standard InChI is InChI=1S/C26H28F2N2O5/c1-2-7-21(23(31)30-22(15-12-13-15)26(27,28)24(32)33)29-25(34)35-14-20-18-10-5-3-8-16(18)17-9-4-6-11-19(17)20/h3-6,8-11,15,20-22H,2,7,12-14H2,1H3,(H,29,34)(H,30,31)(H,32,33). The Morgan fingerprint density at radius 3 is 2.11 bits per heavy atom. The Hall–Kier alpha value is -3.49. The monoisotopic (exact) mass is 486 g/mol. The molecule has 0 spiro atoms. The maximum atomic E-state index is 14.2. The Labute approximate surface area is 201 Å². The summed E-state index contributed by atoms with van der Waals surface area (Å²) in [7, 11) is 0. The zero-order valence-corrected chi connectivity index (χ0v) is 19.3. The summed E-state index contributed by atoms with van der Waals surface area (Å²) in [6.45, 7) is 1.83. The van der Waals surface area contributed by atoms with Crippen molar-refractivity contribution in [2.24, 2.45) is 5.92 Å². The number of carboxylic acid groups (broad SMARTS) is 1. The van der Waals surface area contributed by atoms with E-state index in [1.165, 1.54) is 0 Å². The van der Waals surface area contributed by atoms with Gasteiger partial charge in [0.25, 0.3) is 0 Å². The molecule has 35 heavy (non-hydrogen) atoms. The summed E-state index contributed by atoms with van der Waals surface area (Å²) >= 11 is 0. The van der Waals surface area contributed by atoms with Crippen molar-refractivity contribution in [1.29, 1.82) is 0 Å². The van der Waals surface area contributed by atoms with Crippen LogP contribution in [0.3, 0.4) is 0 Å². The average Bonchev–Trinajstić information content (AvgIpc) is 3.63. The van der Waals surface area contributed by atoms with Gasteiger partial charge in [0.1, 0.15) is 18.7 Å². The second kappa shape index (κ2) is 10.0. The lowest BCUT2D eigenvalue weighted by atomic mass is 9.98. The number of nitrogens with one attached hydrogen (secondary N) is 2. The SMILES string of the molecule is CCCC(NC(=O)OCC1c2ccccc2-c2ccccc21)C(=O)NC(C1CC1)C(F)(F)C(=O)O. The van der Waals surface area contributed by atoms with Gasteiger partial charge in [-0.25, -0.2) is 9.59 Å². The van der Waals surface area contributed by atoms with Gasteiger partial charge in [-0.2, -0.15) is 8.78 Å². The lowest BCUT2D eigenvalue weighted by Crippen LogP contribution is -2.57. The molecule has 2 aliphatic carbocycles. The van der Waals surface area contributed by atoms with Gasteiger partial charge < -0.3 is 20.5 Å². The average molecular weight is 487 g/mol. The normalized spacial score (nSPS) is 16.5. The van der Waals surface area contributed by atoms with E-state index in [-0.39, 0.29) is 18.9 Å². The highest BCUT2D eigenvalue weighted by Crippen LogP contribution is 2.44. The minimum Gasteiger partial charge on any atom is -0.477 e. The largest absolute Gasteiger partial charge is 0.477 e. The Morgan fingerprint density at radius 1 is 1.03 bits per heavy atom. The molecular weight excluding hydrogens is 458 g/mol. The van der Waals surface area contributed by atoms with Gasteiger partial charge in [0.15, 0.2) is 0 Å². The van der Waals surface area contributed by atoms with Crippen molar-refractivity contribution in [1.82, 2.24) is 10.6 Å². The summed E-state index contributed by atoms with van der Waals surface area (Å²) in [6, 6.07) is 12.8. The first-order valence-corrected chi connectivity index (χ1v) is 11.8. The van der Waals surface area contributed by atoms with E-state index in [2.05, 4.69) is 10.6 Å². The molecule has 7 nitrogen and oxygen atoms in total. The van der Waals surface area contributed by atoms with E-state index in [1.807, 2.05) is 48.5 Å². The molecule has 1 fully saturated rings. The first-order valence-electron chi connectivity index (χ1n) is 11.8. The molecule has 2 aliphatic rings. The Kier molecular flexibility index (Phi) is 7.05. The minimum atomic E-state index is -4.10. The Morgan fingerprint density at radius 2 is 1.60 bits per heavy atom. The Bertz CT molecular complexity index is 1070. The molecule has 2 amide bonds. The van der Waals surface area contributed by atoms with Crippen LogP contribution in [0.5, 0.6) is 0 Å². The van der Waals surface area contributed by atoms with Gasteiger partial charge in [0, 0.05) is 5.92 Å². The number of carbonyl (C=O) groups excluding carboxylic acids is 2. The number of carbonyl (C=O) groups is 3. The van der Waals surface area contributed by atoms with Gasteiger partial charge in [0.05, 0.1) is 0 Å². The molecule has 0 heterocycles. The van der Waals surface area contributed by atoms with Crippen molar-refractivity contribution in [3.05, 3.63) is 59.7 Å². The summed E-state index contributed by atoms with van der Waals surface area (Å²) in [5.74, 6) is -8.01. The summed E-state index contributed by atoms with van der Waals surface area (Å²) in [6.07, 6.45) is 0.656. The second-order valence-corrected chi connectivity index (χ2v) is 9.06. The number of ether oxygens (including phenoxy) is 1. The number of benzene rings is 2. The zero-order valence-electron chi connectivity index (χ0n) is 19.3. The number of carboxylic acids is 1. The number of hydrogen-bond donors (Lipinski definition) is 3. The molecule has 9 heteroatoms. The van der Waals surface area contributed by atoms with Gasteiger partial charge in [-0.3, -0.25) is 4.79 Å². The third-order valence-corrected chi connectivity index (χ3v) is 6.60. The Balaban J connectivity index is 1.40. The summed E-state index contributed by atoms with van der Waals surface area (Å²) in [5, 5.41) is 13.6. The van der Waals surface area contributed by atoms with Gasteiger partial charge in [0.2, 0.25) is 5.91 Å². The summed E-state index contributed by atoms with van der Waals surface area (Å²) in [5.41, 5.74) is 4.22. The van der Waals surface area contributed by atoms with Crippen LogP contribution in [-0.4, -0.2) is 47.7 Å². The fraction of sp³-hybridized carbons (Fsp3) is 0.423. The topological polar surface area (TPSA) is 105 Å².